The van der Waals surface area contributed by atoms with E-state index >= 15 is 0 Å². The highest BCUT2D eigenvalue weighted by atomic mass is 35.5. The van der Waals surface area contributed by atoms with Crippen molar-refractivity contribution < 1.29 is 19.7 Å². The molecule has 0 saturated carbocycles. The smallest absolute Gasteiger partial charge is 0.302 e. The van der Waals surface area contributed by atoms with Crippen LogP contribution < -0.4 is 10.4 Å². The third-order valence-corrected chi connectivity index (χ3v) is 2.91. The Morgan fingerprint density at radius 2 is 1.95 bits per heavy atom. The average molecular weight is 285 g/mol. The van der Waals surface area contributed by atoms with Crippen molar-refractivity contribution in [1.82, 2.24) is 0 Å². The molecule has 1 atom stereocenters. The van der Waals surface area contributed by atoms with Crippen molar-refractivity contribution in [2.45, 2.75) is 12.3 Å². The van der Waals surface area contributed by atoms with E-state index in [0.29, 0.717) is 0 Å². The number of alkyl halides is 1. The average Bonchev–Trinajstić information content (AvgIpc) is 2.38. The van der Waals surface area contributed by atoms with Crippen LogP contribution in [0.15, 0.2) is 18.2 Å². The van der Waals surface area contributed by atoms with Gasteiger partial charge in [0.1, 0.15) is 6.61 Å². The van der Waals surface area contributed by atoms with Crippen LogP contribution in [0.2, 0.25) is 0 Å². The molecule has 5 heteroatoms. The van der Waals surface area contributed by atoms with E-state index in [1.165, 1.54) is 6.92 Å². The van der Waals surface area contributed by atoms with Crippen LogP contribution in [0.5, 0.6) is 0 Å². The third-order valence-electron chi connectivity index (χ3n) is 2.53. The summed E-state index contributed by atoms with van der Waals surface area (Å²) in [5, 5.41) is 19.1. The first-order valence-corrected chi connectivity index (χ1v) is 6.31. The number of benzene rings is 1. The minimum atomic E-state index is -0.446. The van der Waals surface area contributed by atoms with Gasteiger partial charge in [-0.25, -0.2) is 0 Å². The quantitative estimate of drug-likeness (QED) is 0.593. The Labute approximate surface area is 116 Å². The van der Waals surface area contributed by atoms with E-state index in [0.717, 1.165) is 16.0 Å². The highest BCUT2D eigenvalue weighted by molar-refractivity contribution is 6.21. The monoisotopic (exact) mass is 284 g/mol. The number of halogens is 1. The van der Waals surface area contributed by atoms with Gasteiger partial charge < -0.3 is 14.9 Å². The zero-order valence-electron chi connectivity index (χ0n) is 10.7. The molecule has 0 aliphatic rings. The standard InChI is InChI=1S/C14H17ClO4/c1-10(18)19-9-14(15)13-3-2-11(4-6-16)12(8-13)5-7-17/h2-5,8,14,16-17H,6-7,9H2,1H3. The fourth-order valence-corrected chi connectivity index (χ4v) is 1.83. The molecule has 0 aliphatic heterocycles. The van der Waals surface area contributed by atoms with Crippen LogP contribution >= 0.6 is 11.6 Å². The van der Waals surface area contributed by atoms with Crippen LogP contribution in [0.25, 0.3) is 12.2 Å². The summed E-state index contributed by atoms with van der Waals surface area (Å²) in [7, 11) is 0. The number of ether oxygens (including phenoxy) is 1. The molecule has 0 heterocycles. The van der Waals surface area contributed by atoms with Crippen molar-refractivity contribution in [1.29, 1.82) is 0 Å². The van der Waals surface area contributed by atoms with Crippen LogP contribution in [-0.2, 0) is 9.53 Å². The number of hydrogen-bond acceptors (Lipinski definition) is 4. The van der Waals surface area contributed by atoms with Crippen molar-refractivity contribution in [3.8, 4) is 0 Å². The zero-order chi connectivity index (χ0) is 14.3. The SMILES string of the molecule is CC(=O)OCC(Cl)c1ccc(=CCO)c(=CCO)c1. The number of aliphatic hydroxyl groups is 2. The topological polar surface area (TPSA) is 66.8 Å². The second-order valence-electron chi connectivity index (χ2n) is 3.93. The maximum absolute atomic E-state index is 10.7. The van der Waals surface area contributed by atoms with Crippen LogP contribution in [-0.4, -0.2) is 36.0 Å². The minimum Gasteiger partial charge on any atom is -0.464 e. The molecule has 104 valence electrons. The Kier molecular flexibility index (Phi) is 6.56. The molecule has 1 unspecified atom stereocenters. The number of esters is 1. The van der Waals surface area contributed by atoms with Crippen molar-refractivity contribution in [2.24, 2.45) is 0 Å². The van der Waals surface area contributed by atoms with E-state index in [1.807, 2.05) is 0 Å². The fourth-order valence-electron chi connectivity index (χ4n) is 1.63. The molecule has 4 nitrogen and oxygen atoms in total. The third kappa shape index (κ3) is 5.03. The number of aliphatic hydroxyl groups excluding tert-OH is 2. The second-order valence-corrected chi connectivity index (χ2v) is 4.46. The molecular formula is C14H17ClO4. The molecule has 0 fully saturated rings. The van der Waals surface area contributed by atoms with Gasteiger partial charge in [-0.2, -0.15) is 0 Å². The van der Waals surface area contributed by atoms with Crippen LogP contribution in [0.3, 0.4) is 0 Å². The normalized spacial score (nSPS) is 14.5. The Bertz CT molecular complexity index is 539. The van der Waals surface area contributed by atoms with Crippen molar-refractivity contribution in [2.75, 3.05) is 19.8 Å². The molecule has 0 radical (unpaired) electrons. The van der Waals surface area contributed by atoms with Gasteiger partial charge in [-0.3, -0.25) is 4.79 Å². The first-order chi connectivity index (χ1) is 9.08. The van der Waals surface area contributed by atoms with Gasteiger partial charge in [-0.15, -0.1) is 11.6 Å². The van der Waals surface area contributed by atoms with E-state index in [-0.39, 0.29) is 25.8 Å². The maximum atomic E-state index is 10.7. The zero-order valence-corrected chi connectivity index (χ0v) is 11.4. The molecule has 1 rings (SSSR count). The predicted octanol–water partition coefficient (Wildman–Crippen LogP) is 0.0752. The van der Waals surface area contributed by atoms with Gasteiger partial charge >= 0.3 is 5.97 Å². The van der Waals surface area contributed by atoms with Gasteiger partial charge in [-0.1, -0.05) is 24.3 Å². The minimum absolute atomic E-state index is 0.0800. The van der Waals surface area contributed by atoms with Crippen molar-refractivity contribution in [3.63, 3.8) is 0 Å². The Morgan fingerprint density at radius 3 is 2.53 bits per heavy atom. The lowest BCUT2D eigenvalue weighted by Crippen LogP contribution is -2.26. The van der Waals surface area contributed by atoms with Gasteiger partial charge in [-0.05, 0) is 22.1 Å². The lowest BCUT2D eigenvalue weighted by atomic mass is 10.1. The van der Waals surface area contributed by atoms with E-state index in [4.69, 9.17) is 26.6 Å². The second kappa shape index (κ2) is 7.94. The van der Waals surface area contributed by atoms with Crippen LogP contribution in [0.4, 0.5) is 0 Å². The highest BCUT2D eigenvalue weighted by Crippen LogP contribution is 2.18. The van der Waals surface area contributed by atoms with Crippen molar-refractivity contribution >= 4 is 29.7 Å². The van der Waals surface area contributed by atoms with Crippen LogP contribution in [0, 0.1) is 0 Å². The molecule has 2 N–H and O–H groups in total. The highest BCUT2D eigenvalue weighted by Gasteiger charge is 2.09. The molecule has 0 amide bonds. The van der Waals surface area contributed by atoms with E-state index < -0.39 is 5.38 Å². The Balaban J connectivity index is 3.05. The molecule has 0 bridgehead atoms. The Hall–Kier alpha value is -1.36. The van der Waals surface area contributed by atoms with Crippen molar-refractivity contribution in [3.05, 3.63) is 34.2 Å². The first kappa shape index (κ1) is 15.7. The summed E-state index contributed by atoms with van der Waals surface area (Å²) in [6, 6.07) is 5.41. The lowest BCUT2D eigenvalue weighted by molar-refractivity contribution is -0.140. The summed E-state index contributed by atoms with van der Waals surface area (Å²) < 4.78 is 4.86. The van der Waals surface area contributed by atoms with Gasteiger partial charge in [0.05, 0.1) is 18.6 Å². The molecule has 19 heavy (non-hydrogen) atoms. The molecule has 0 saturated heterocycles. The number of rotatable bonds is 5. The van der Waals surface area contributed by atoms with E-state index in [1.54, 1.807) is 30.4 Å². The van der Waals surface area contributed by atoms with Gasteiger partial charge in [0, 0.05) is 6.92 Å². The fraction of sp³-hybridized carbons (Fsp3) is 0.357. The molecule has 1 aromatic carbocycles. The van der Waals surface area contributed by atoms with Crippen LogP contribution in [0.1, 0.15) is 17.9 Å². The first-order valence-electron chi connectivity index (χ1n) is 5.88. The van der Waals surface area contributed by atoms with Gasteiger partial charge in [0.2, 0.25) is 0 Å². The summed E-state index contributed by atoms with van der Waals surface area (Å²) >= 11 is 6.14. The predicted molar refractivity (Wildman–Crippen MR) is 74.0 cm³/mol. The largest absolute Gasteiger partial charge is 0.464 e. The molecule has 0 aliphatic carbocycles. The van der Waals surface area contributed by atoms with E-state index in [9.17, 15) is 4.79 Å². The maximum Gasteiger partial charge on any atom is 0.302 e. The lowest BCUT2D eigenvalue weighted by Gasteiger charge is -2.10. The molecule has 1 aromatic rings. The summed E-state index contributed by atoms with van der Waals surface area (Å²) in [5.41, 5.74) is 0.790. The van der Waals surface area contributed by atoms with Gasteiger partial charge in [0.15, 0.2) is 0 Å². The summed E-state index contributed by atoms with van der Waals surface area (Å²) in [6.07, 6.45) is 3.26. The number of hydrogen-bond donors (Lipinski definition) is 2. The molecular weight excluding hydrogens is 268 g/mol. The van der Waals surface area contributed by atoms with E-state index in [2.05, 4.69) is 0 Å². The summed E-state index contributed by atoms with van der Waals surface area (Å²) in [4.78, 5) is 10.7. The summed E-state index contributed by atoms with van der Waals surface area (Å²) in [5.74, 6) is -0.377. The number of carbonyl (C=O) groups is 1. The summed E-state index contributed by atoms with van der Waals surface area (Å²) in [6.45, 7) is 1.24. The van der Waals surface area contributed by atoms with Gasteiger partial charge in [0.25, 0.3) is 0 Å². The number of carbonyl (C=O) groups excluding carboxylic acids is 1. The molecule has 0 aromatic heterocycles. The molecule has 0 spiro atoms. The Morgan fingerprint density at radius 1 is 1.32 bits per heavy atom.